The molecule has 0 aliphatic carbocycles. The number of unbranched alkanes of at least 4 members (excludes halogenated alkanes) is 21. The largest absolute Gasteiger partial charge is 0.466 e. The van der Waals surface area contributed by atoms with Gasteiger partial charge in [-0.25, -0.2) is 4.79 Å². The molecule has 0 fully saturated rings. The van der Waals surface area contributed by atoms with Crippen LogP contribution in [0.4, 0.5) is 0 Å². The van der Waals surface area contributed by atoms with Gasteiger partial charge in [0.15, 0.2) is 0 Å². The van der Waals surface area contributed by atoms with Crippen molar-refractivity contribution in [3.05, 3.63) is 0 Å². The number of esters is 4. The molecule has 0 spiro atoms. The van der Waals surface area contributed by atoms with E-state index in [4.69, 9.17) is 18.9 Å². The first-order valence-electron chi connectivity index (χ1n) is 19.0. The maximum atomic E-state index is 13.4. The molecular weight excluding hydrogens is 584 g/mol. The summed E-state index contributed by atoms with van der Waals surface area (Å²) in [4.78, 5) is 51.4. The molecule has 0 rings (SSSR count). The molecule has 0 aromatic carbocycles. The Labute approximate surface area is 281 Å². The summed E-state index contributed by atoms with van der Waals surface area (Å²) in [5, 5.41) is 0. The molecule has 270 valence electrons. The van der Waals surface area contributed by atoms with E-state index in [0.29, 0.717) is 19.3 Å². The van der Waals surface area contributed by atoms with E-state index in [9.17, 15) is 19.2 Å². The van der Waals surface area contributed by atoms with Crippen LogP contribution in [0, 0.1) is 0 Å². The van der Waals surface area contributed by atoms with Crippen LogP contribution in [0.3, 0.4) is 0 Å². The maximum absolute atomic E-state index is 13.4. The van der Waals surface area contributed by atoms with Gasteiger partial charge in [0.1, 0.15) is 0 Å². The van der Waals surface area contributed by atoms with Crippen LogP contribution in [0.1, 0.15) is 195 Å². The standard InChI is InChI=1S/C38H70O8/c1-5-8-11-14-17-20-23-26-29-43-35(40)32-38(46-34(4)39,37(42)45-31-28-25-22-19-16-13-10-7-3)33-36(41)44-30-27-24-21-18-15-12-9-6-2/h5-33H2,1-4H3. The van der Waals surface area contributed by atoms with Gasteiger partial charge in [0, 0.05) is 6.92 Å². The number of rotatable bonds is 33. The third-order valence-electron chi connectivity index (χ3n) is 8.32. The Bertz CT molecular complexity index is 730. The first-order chi connectivity index (χ1) is 22.3. The molecule has 0 saturated carbocycles. The molecule has 0 N–H and O–H groups in total. The third-order valence-corrected chi connectivity index (χ3v) is 8.32. The van der Waals surface area contributed by atoms with Gasteiger partial charge in [0.2, 0.25) is 5.60 Å². The van der Waals surface area contributed by atoms with E-state index < -0.39 is 42.3 Å². The fourth-order valence-corrected chi connectivity index (χ4v) is 5.54. The molecule has 0 aliphatic rings. The summed E-state index contributed by atoms with van der Waals surface area (Å²) >= 11 is 0. The van der Waals surface area contributed by atoms with Crippen molar-refractivity contribution in [2.75, 3.05) is 19.8 Å². The van der Waals surface area contributed by atoms with E-state index in [0.717, 1.165) is 64.7 Å². The minimum atomic E-state index is -2.11. The molecule has 0 atom stereocenters. The molecule has 0 amide bonds. The number of hydrogen-bond acceptors (Lipinski definition) is 8. The number of ether oxygens (including phenoxy) is 4. The van der Waals surface area contributed by atoms with Crippen LogP contribution < -0.4 is 0 Å². The summed E-state index contributed by atoms with van der Waals surface area (Å²) in [5.41, 5.74) is -2.11. The van der Waals surface area contributed by atoms with Crippen molar-refractivity contribution in [2.24, 2.45) is 0 Å². The summed E-state index contributed by atoms with van der Waals surface area (Å²) in [6.07, 6.45) is 25.1. The van der Waals surface area contributed by atoms with Gasteiger partial charge in [-0.2, -0.15) is 0 Å². The van der Waals surface area contributed by atoms with Crippen molar-refractivity contribution < 1.29 is 38.1 Å². The summed E-state index contributed by atoms with van der Waals surface area (Å²) in [5.74, 6) is -3.09. The Balaban J connectivity index is 5.04. The number of carbonyl (C=O) groups excluding carboxylic acids is 4. The van der Waals surface area contributed by atoms with Crippen LogP contribution in [-0.4, -0.2) is 49.3 Å². The topological polar surface area (TPSA) is 105 Å². The first kappa shape index (κ1) is 43.9. The lowest BCUT2D eigenvalue weighted by atomic mass is 9.95. The fraction of sp³-hybridized carbons (Fsp3) is 0.895. The van der Waals surface area contributed by atoms with Gasteiger partial charge in [-0.1, -0.05) is 156 Å². The van der Waals surface area contributed by atoms with Crippen LogP contribution in [0.25, 0.3) is 0 Å². The Morgan fingerprint density at radius 1 is 0.413 bits per heavy atom. The van der Waals surface area contributed by atoms with Gasteiger partial charge in [-0.3, -0.25) is 14.4 Å². The predicted octanol–water partition coefficient (Wildman–Crippen LogP) is 10.1. The lowest BCUT2D eigenvalue weighted by Gasteiger charge is -2.29. The van der Waals surface area contributed by atoms with Crippen LogP contribution in [-0.2, 0) is 38.1 Å². The molecule has 0 heterocycles. The molecule has 46 heavy (non-hydrogen) atoms. The van der Waals surface area contributed by atoms with Crippen LogP contribution in [0.5, 0.6) is 0 Å². The fourth-order valence-electron chi connectivity index (χ4n) is 5.54. The van der Waals surface area contributed by atoms with E-state index in [1.165, 1.54) is 77.0 Å². The first-order valence-corrected chi connectivity index (χ1v) is 19.0. The molecular formula is C38H70O8. The second-order valence-corrected chi connectivity index (χ2v) is 12.9. The van der Waals surface area contributed by atoms with Gasteiger partial charge in [-0.15, -0.1) is 0 Å². The van der Waals surface area contributed by atoms with Crippen molar-refractivity contribution >= 4 is 23.9 Å². The average molecular weight is 655 g/mol. The molecule has 0 saturated heterocycles. The molecule has 8 heteroatoms. The van der Waals surface area contributed by atoms with Gasteiger partial charge in [0.05, 0.1) is 32.7 Å². The Morgan fingerprint density at radius 2 is 0.696 bits per heavy atom. The highest BCUT2D eigenvalue weighted by molar-refractivity contribution is 5.92. The predicted molar refractivity (Wildman–Crippen MR) is 184 cm³/mol. The monoisotopic (exact) mass is 655 g/mol. The van der Waals surface area contributed by atoms with Gasteiger partial charge < -0.3 is 18.9 Å². The lowest BCUT2D eigenvalue weighted by molar-refractivity contribution is -0.190. The zero-order valence-electron chi connectivity index (χ0n) is 30.3. The van der Waals surface area contributed by atoms with E-state index in [-0.39, 0.29) is 19.8 Å². The third kappa shape index (κ3) is 26.0. The zero-order chi connectivity index (χ0) is 34.1. The molecule has 8 nitrogen and oxygen atoms in total. The van der Waals surface area contributed by atoms with Gasteiger partial charge >= 0.3 is 23.9 Å². The minimum Gasteiger partial charge on any atom is -0.466 e. The summed E-state index contributed by atoms with van der Waals surface area (Å²) in [7, 11) is 0. The van der Waals surface area contributed by atoms with Crippen LogP contribution >= 0.6 is 0 Å². The van der Waals surface area contributed by atoms with E-state index in [2.05, 4.69) is 20.8 Å². The van der Waals surface area contributed by atoms with E-state index in [1.807, 2.05) is 0 Å². The molecule has 0 bridgehead atoms. The molecule has 0 unspecified atom stereocenters. The van der Waals surface area contributed by atoms with Crippen molar-refractivity contribution in [1.82, 2.24) is 0 Å². The number of hydrogen-bond donors (Lipinski definition) is 0. The second-order valence-electron chi connectivity index (χ2n) is 12.9. The lowest BCUT2D eigenvalue weighted by Crippen LogP contribution is -2.48. The molecule has 0 aromatic heterocycles. The van der Waals surface area contributed by atoms with Gasteiger partial charge in [0.25, 0.3) is 0 Å². The van der Waals surface area contributed by atoms with Crippen LogP contribution in [0.15, 0.2) is 0 Å². The summed E-state index contributed by atoms with van der Waals surface area (Å²) in [6, 6.07) is 0. The molecule has 0 radical (unpaired) electrons. The summed E-state index contributed by atoms with van der Waals surface area (Å²) in [6.45, 7) is 8.28. The van der Waals surface area contributed by atoms with Crippen LogP contribution in [0.2, 0.25) is 0 Å². The van der Waals surface area contributed by atoms with E-state index in [1.54, 1.807) is 0 Å². The average Bonchev–Trinajstić information content (AvgIpc) is 3.01. The second kappa shape index (κ2) is 31.5. The highest BCUT2D eigenvalue weighted by atomic mass is 16.6. The smallest absolute Gasteiger partial charge is 0.351 e. The van der Waals surface area contributed by atoms with Crippen molar-refractivity contribution in [2.45, 2.75) is 200 Å². The van der Waals surface area contributed by atoms with Crippen molar-refractivity contribution in [3.63, 3.8) is 0 Å². The Kier molecular flexibility index (Phi) is 30.0. The Hall–Kier alpha value is -2.12. The van der Waals surface area contributed by atoms with Crippen molar-refractivity contribution in [1.29, 1.82) is 0 Å². The highest BCUT2D eigenvalue weighted by Crippen LogP contribution is 2.26. The van der Waals surface area contributed by atoms with Crippen molar-refractivity contribution in [3.8, 4) is 0 Å². The summed E-state index contributed by atoms with van der Waals surface area (Å²) < 4.78 is 21.8. The zero-order valence-corrected chi connectivity index (χ0v) is 30.3. The van der Waals surface area contributed by atoms with E-state index >= 15 is 0 Å². The minimum absolute atomic E-state index is 0.122. The molecule has 0 aromatic rings. The maximum Gasteiger partial charge on any atom is 0.351 e. The molecule has 0 aliphatic heterocycles. The normalized spacial score (nSPS) is 11.3. The van der Waals surface area contributed by atoms with Gasteiger partial charge in [-0.05, 0) is 19.3 Å². The quantitative estimate of drug-likeness (QED) is 0.0391. The SMILES string of the molecule is CCCCCCCCCCOC(=O)CC(CC(=O)OCCCCCCCCCC)(OC(C)=O)C(=O)OCCCCCCCCCC. The highest BCUT2D eigenvalue weighted by Gasteiger charge is 2.48. The Morgan fingerprint density at radius 3 is 1.00 bits per heavy atom. The number of carbonyl (C=O) groups is 4.